The van der Waals surface area contributed by atoms with Crippen LogP contribution in [0.3, 0.4) is 0 Å². The Hall–Kier alpha value is -3.27. The van der Waals surface area contributed by atoms with Crippen LogP contribution in [0.25, 0.3) is 33.7 Å². The average Bonchev–Trinajstić information content (AvgIpc) is 2.76. The highest BCUT2D eigenvalue weighted by Gasteiger charge is 2.11. The number of H-pyrrole nitrogens is 1. The maximum Gasteiger partial charge on any atom is 0.155 e. The molecule has 0 aromatic heterocycles. The Balaban J connectivity index is 2.05. The highest BCUT2D eigenvalue weighted by molar-refractivity contribution is 5.76. The van der Waals surface area contributed by atoms with E-state index < -0.39 is 0 Å². The second-order valence-corrected chi connectivity index (χ2v) is 5.38. The van der Waals surface area contributed by atoms with Crippen LogP contribution in [0.15, 0.2) is 75.6 Å². The summed E-state index contributed by atoms with van der Waals surface area (Å²) in [7, 11) is 0. The molecule has 0 bridgehead atoms. The fourth-order valence-electron chi connectivity index (χ4n) is 2.81. The number of hydrogen-bond acceptors (Lipinski definition) is 3. The van der Waals surface area contributed by atoms with E-state index in [9.17, 15) is 0 Å². The molecule has 1 aliphatic carbocycles. The van der Waals surface area contributed by atoms with Crippen LogP contribution in [-0.2, 0) is 0 Å². The maximum absolute atomic E-state index is 6.01. The molecule has 2 aromatic carbocycles. The van der Waals surface area contributed by atoms with E-state index in [4.69, 9.17) is 13.8 Å². The van der Waals surface area contributed by atoms with Gasteiger partial charge in [-0.25, -0.2) is 4.98 Å². The monoisotopic (exact) mass is 300 g/mol. The lowest BCUT2D eigenvalue weighted by Crippen LogP contribution is -1.91. The van der Waals surface area contributed by atoms with Crippen LogP contribution >= 0.6 is 0 Å². The van der Waals surface area contributed by atoms with Gasteiger partial charge in [0.2, 0.25) is 0 Å². The third kappa shape index (κ3) is 1.89. The van der Waals surface area contributed by atoms with E-state index in [1.165, 1.54) is 0 Å². The highest BCUT2D eigenvalue weighted by Crippen LogP contribution is 2.26. The Bertz CT molecular complexity index is 1230. The van der Waals surface area contributed by atoms with Crippen LogP contribution in [0.4, 0.5) is 0 Å². The molecule has 2 aliphatic heterocycles. The first-order chi connectivity index (χ1) is 11.4. The summed E-state index contributed by atoms with van der Waals surface area (Å²) in [6.07, 6.45) is 0. The first-order valence-corrected chi connectivity index (χ1v) is 7.41. The second-order valence-electron chi connectivity index (χ2n) is 5.38. The van der Waals surface area contributed by atoms with E-state index in [1.807, 2.05) is 66.7 Å². The molecular weight excluding hydrogens is 288 g/mol. The summed E-state index contributed by atoms with van der Waals surface area (Å²) in [5.41, 5.74) is 4.78. The van der Waals surface area contributed by atoms with E-state index in [1.54, 1.807) is 0 Å². The highest BCUT2D eigenvalue weighted by atomic mass is 16.3. The van der Waals surface area contributed by atoms with Crippen molar-refractivity contribution in [1.82, 2.24) is 9.97 Å². The van der Waals surface area contributed by atoms with Gasteiger partial charge >= 0.3 is 0 Å². The van der Waals surface area contributed by atoms with Gasteiger partial charge in [-0.2, -0.15) is 0 Å². The summed E-state index contributed by atoms with van der Waals surface area (Å²) in [5.74, 6) is 0.709. The van der Waals surface area contributed by atoms with E-state index >= 15 is 0 Å². The normalized spacial score (nSPS) is 11.5. The summed E-state index contributed by atoms with van der Waals surface area (Å²) in [6, 6.07) is 21.3. The molecule has 3 aliphatic rings. The van der Waals surface area contributed by atoms with Crippen LogP contribution < -0.4 is 0 Å². The predicted octanol–water partition coefficient (Wildman–Crippen LogP) is 4.86. The van der Waals surface area contributed by atoms with Crippen molar-refractivity contribution in [3.05, 3.63) is 77.5 Å². The van der Waals surface area contributed by atoms with Crippen LogP contribution in [0.2, 0.25) is 0 Å². The van der Waals surface area contributed by atoms with Gasteiger partial charge in [-0.05, 0) is 36.4 Å². The summed E-state index contributed by atoms with van der Waals surface area (Å²) in [5, 5.41) is 0.818. The SMILES string of the molecule is c1cc2oc3ccccc3nc-2c2[nH]c3ccccc3oc=2c1. The van der Waals surface area contributed by atoms with E-state index in [-0.39, 0.29) is 0 Å². The molecule has 110 valence electrons. The fraction of sp³-hybridized carbons (Fsp3) is 0. The number of aromatic amines is 1. The van der Waals surface area contributed by atoms with Crippen LogP contribution in [0, 0.1) is 10.8 Å². The first-order valence-electron chi connectivity index (χ1n) is 7.41. The lowest BCUT2D eigenvalue weighted by Gasteiger charge is -2.05. The van der Waals surface area contributed by atoms with E-state index in [0.29, 0.717) is 5.76 Å². The quantitative estimate of drug-likeness (QED) is 0.444. The zero-order valence-corrected chi connectivity index (χ0v) is 12.1. The molecule has 0 unspecified atom stereocenters. The topological polar surface area (TPSA) is 55.0 Å². The molecule has 2 aromatic rings. The zero-order chi connectivity index (χ0) is 15.2. The number of rotatable bonds is 0. The Morgan fingerprint density at radius 3 is 2.52 bits per heavy atom. The maximum atomic E-state index is 6.01. The zero-order valence-electron chi connectivity index (χ0n) is 12.1. The Morgan fingerprint density at radius 2 is 1.57 bits per heavy atom. The molecule has 0 radical (unpaired) electrons. The van der Waals surface area contributed by atoms with Gasteiger partial charge in [0.25, 0.3) is 0 Å². The van der Waals surface area contributed by atoms with Crippen LogP contribution in [0.5, 0.6) is 0 Å². The van der Waals surface area contributed by atoms with Crippen molar-refractivity contribution in [3.8, 4) is 11.5 Å². The van der Waals surface area contributed by atoms with Crippen molar-refractivity contribution >= 4 is 22.2 Å². The first kappa shape index (κ1) is 12.3. The summed E-state index contributed by atoms with van der Waals surface area (Å²) in [4.78, 5) is 8.19. The van der Waals surface area contributed by atoms with Crippen molar-refractivity contribution < 1.29 is 8.83 Å². The van der Waals surface area contributed by atoms with Gasteiger partial charge in [0.1, 0.15) is 16.6 Å². The van der Waals surface area contributed by atoms with Crippen molar-refractivity contribution in [2.75, 3.05) is 0 Å². The van der Waals surface area contributed by atoms with Crippen molar-refractivity contribution in [1.29, 1.82) is 0 Å². The van der Waals surface area contributed by atoms with Gasteiger partial charge in [0, 0.05) is 0 Å². The van der Waals surface area contributed by atoms with Gasteiger partial charge in [-0.3, -0.25) is 0 Å². The molecule has 4 heteroatoms. The molecule has 1 N–H and O–H groups in total. The van der Waals surface area contributed by atoms with Gasteiger partial charge in [-0.1, -0.05) is 30.3 Å². The lowest BCUT2D eigenvalue weighted by atomic mass is 10.2. The summed E-state index contributed by atoms with van der Waals surface area (Å²) >= 11 is 0. The number of nitrogens with zero attached hydrogens (tertiary/aromatic N) is 1. The molecule has 0 fully saturated rings. The van der Waals surface area contributed by atoms with Crippen molar-refractivity contribution in [3.63, 3.8) is 0 Å². The standard InChI is InChI=1S/C19H12N2O2/c1-3-8-14-12(6-1)20-18-16(22-14)10-5-11-17-19(18)21-13-7-2-4-9-15(13)23-17/h1-11,20H. The van der Waals surface area contributed by atoms with Crippen molar-refractivity contribution in [2.24, 2.45) is 0 Å². The summed E-state index contributed by atoms with van der Waals surface area (Å²) in [6.45, 7) is 0. The number of hydrogen-bond donors (Lipinski definition) is 1. The molecule has 23 heavy (non-hydrogen) atoms. The number of fused-ring (bicyclic) bond motifs is 4. The number of benzene rings is 2. The molecule has 0 atom stereocenters. The third-order valence-electron chi connectivity index (χ3n) is 3.90. The number of nitrogens with one attached hydrogen (secondary N) is 1. The van der Waals surface area contributed by atoms with Crippen LogP contribution in [0.1, 0.15) is 0 Å². The molecule has 0 saturated carbocycles. The largest absolute Gasteiger partial charge is 0.453 e. The molecule has 0 spiro atoms. The van der Waals surface area contributed by atoms with Crippen molar-refractivity contribution in [2.45, 2.75) is 0 Å². The second kappa shape index (κ2) is 4.61. The third-order valence-corrected chi connectivity index (χ3v) is 3.90. The molecule has 2 heterocycles. The summed E-state index contributed by atoms with van der Waals surface area (Å²) < 4.78 is 12.0. The Kier molecular flexibility index (Phi) is 2.46. The van der Waals surface area contributed by atoms with Gasteiger partial charge in [0.15, 0.2) is 22.3 Å². The molecule has 4 nitrogen and oxygen atoms in total. The minimum atomic E-state index is 0.709. The molecule has 0 saturated heterocycles. The lowest BCUT2D eigenvalue weighted by molar-refractivity contribution is 0.561. The van der Waals surface area contributed by atoms with Gasteiger partial charge < -0.3 is 13.8 Å². The van der Waals surface area contributed by atoms with E-state index in [0.717, 1.165) is 38.7 Å². The Labute approximate surface area is 130 Å². The molecule has 5 rings (SSSR count). The smallest absolute Gasteiger partial charge is 0.155 e. The van der Waals surface area contributed by atoms with Gasteiger partial charge in [-0.15, -0.1) is 0 Å². The predicted molar refractivity (Wildman–Crippen MR) is 87.7 cm³/mol. The van der Waals surface area contributed by atoms with Crippen LogP contribution in [-0.4, -0.2) is 9.97 Å². The Morgan fingerprint density at radius 1 is 0.739 bits per heavy atom. The minimum Gasteiger partial charge on any atom is -0.453 e. The molecule has 0 amide bonds. The average molecular weight is 300 g/mol. The number of para-hydroxylation sites is 4. The number of aromatic nitrogens is 2. The van der Waals surface area contributed by atoms with E-state index in [2.05, 4.69) is 4.98 Å². The fourth-order valence-corrected chi connectivity index (χ4v) is 2.81. The minimum absolute atomic E-state index is 0.709. The van der Waals surface area contributed by atoms with Gasteiger partial charge in [0.05, 0.1) is 5.52 Å². The molecular formula is C19H12N2O2.